The fraction of sp³-hybridized carbons (Fsp3) is 0.778. The fourth-order valence-electron chi connectivity index (χ4n) is 1.80. The minimum atomic E-state index is 0.631. The molecule has 1 aliphatic heterocycles. The summed E-state index contributed by atoms with van der Waals surface area (Å²) in [5.41, 5.74) is 5.50. The highest BCUT2D eigenvalue weighted by molar-refractivity contribution is 5.30. The summed E-state index contributed by atoms with van der Waals surface area (Å²) in [4.78, 5) is 6.72. The minimum absolute atomic E-state index is 0.631. The number of anilines is 1. The molecular weight excluding hydrogens is 178 g/mol. The average molecular weight is 195 g/mol. The lowest BCUT2D eigenvalue weighted by Crippen LogP contribution is -2.19. The van der Waals surface area contributed by atoms with Gasteiger partial charge in [-0.1, -0.05) is 0 Å². The lowest BCUT2D eigenvalue weighted by atomic mass is 10.4. The Labute approximate surface area is 83.9 Å². The van der Waals surface area contributed by atoms with Crippen molar-refractivity contribution in [2.75, 3.05) is 24.5 Å². The standard InChI is InChI=1S/C9H17N5/c1-13-8(4-5-10)11-9(12-13)14-6-2-3-7-14/h2-7,10H2,1H3. The van der Waals surface area contributed by atoms with Gasteiger partial charge >= 0.3 is 0 Å². The number of nitrogens with two attached hydrogens (primary N) is 1. The molecular formula is C9H17N5. The zero-order chi connectivity index (χ0) is 9.97. The van der Waals surface area contributed by atoms with Crippen LogP contribution in [-0.4, -0.2) is 34.4 Å². The third-order valence-electron chi connectivity index (χ3n) is 2.60. The summed E-state index contributed by atoms with van der Waals surface area (Å²) >= 11 is 0. The summed E-state index contributed by atoms with van der Waals surface area (Å²) in [5.74, 6) is 1.85. The minimum Gasteiger partial charge on any atom is -0.340 e. The van der Waals surface area contributed by atoms with Crippen LogP contribution in [0.3, 0.4) is 0 Å². The van der Waals surface area contributed by atoms with E-state index in [1.165, 1.54) is 12.8 Å². The van der Waals surface area contributed by atoms with Crippen LogP contribution in [0.5, 0.6) is 0 Å². The van der Waals surface area contributed by atoms with Gasteiger partial charge in [0.05, 0.1) is 0 Å². The van der Waals surface area contributed by atoms with Gasteiger partial charge in [-0.2, -0.15) is 4.98 Å². The molecule has 78 valence electrons. The van der Waals surface area contributed by atoms with Gasteiger partial charge in [-0.3, -0.25) is 4.68 Å². The Balaban J connectivity index is 2.14. The van der Waals surface area contributed by atoms with Crippen LogP contribution in [0.2, 0.25) is 0 Å². The lowest BCUT2D eigenvalue weighted by molar-refractivity contribution is 0.694. The molecule has 1 saturated heterocycles. The Morgan fingerprint density at radius 3 is 2.71 bits per heavy atom. The van der Waals surface area contributed by atoms with E-state index >= 15 is 0 Å². The van der Waals surface area contributed by atoms with Gasteiger partial charge in [0, 0.05) is 26.6 Å². The summed E-state index contributed by atoms with van der Waals surface area (Å²) in [5, 5.41) is 4.39. The van der Waals surface area contributed by atoms with Crippen molar-refractivity contribution in [3.8, 4) is 0 Å². The maximum atomic E-state index is 5.50. The highest BCUT2D eigenvalue weighted by Crippen LogP contribution is 2.15. The Kier molecular flexibility index (Phi) is 2.67. The molecule has 1 aromatic heterocycles. The van der Waals surface area contributed by atoms with E-state index in [1.54, 1.807) is 0 Å². The maximum absolute atomic E-state index is 5.50. The molecule has 14 heavy (non-hydrogen) atoms. The average Bonchev–Trinajstić information content (AvgIpc) is 2.76. The molecule has 0 aliphatic carbocycles. The van der Waals surface area contributed by atoms with Gasteiger partial charge in [0.25, 0.3) is 0 Å². The van der Waals surface area contributed by atoms with E-state index in [2.05, 4.69) is 15.0 Å². The molecule has 5 nitrogen and oxygen atoms in total. The van der Waals surface area contributed by atoms with Crippen molar-refractivity contribution >= 4 is 5.95 Å². The maximum Gasteiger partial charge on any atom is 0.244 e. The second kappa shape index (κ2) is 3.96. The molecule has 0 aromatic carbocycles. The zero-order valence-electron chi connectivity index (χ0n) is 8.61. The number of rotatable bonds is 3. The zero-order valence-corrected chi connectivity index (χ0v) is 8.61. The van der Waals surface area contributed by atoms with Gasteiger partial charge in [-0.15, -0.1) is 5.10 Å². The summed E-state index contributed by atoms with van der Waals surface area (Å²) in [6, 6.07) is 0. The van der Waals surface area contributed by atoms with Gasteiger partial charge in [0.1, 0.15) is 5.82 Å². The van der Waals surface area contributed by atoms with E-state index in [1.807, 2.05) is 11.7 Å². The monoisotopic (exact) mass is 195 g/mol. The van der Waals surface area contributed by atoms with Crippen LogP contribution in [0.1, 0.15) is 18.7 Å². The van der Waals surface area contributed by atoms with Crippen molar-refractivity contribution in [1.29, 1.82) is 0 Å². The molecule has 2 heterocycles. The summed E-state index contributed by atoms with van der Waals surface area (Å²) in [6.07, 6.45) is 3.31. The molecule has 5 heteroatoms. The van der Waals surface area contributed by atoms with Crippen molar-refractivity contribution in [3.05, 3.63) is 5.82 Å². The van der Waals surface area contributed by atoms with Crippen molar-refractivity contribution < 1.29 is 0 Å². The third kappa shape index (κ3) is 1.72. The van der Waals surface area contributed by atoms with E-state index < -0.39 is 0 Å². The van der Waals surface area contributed by atoms with E-state index in [9.17, 15) is 0 Å². The number of aryl methyl sites for hydroxylation is 1. The highest BCUT2D eigenvalue weighted by Gasteiger charge is 2.17. The van der Waals surface area contributed by atoms with Crippen molar-refractivity contribution in [3.63, 3.8) is 0 Å². The van der Waals surface area contributed by atoms with Crippen LogP contribution in [0, 0.1) is 0 Å². The Hall–Kier alpha value is -1.10. The first kappa shape index (κ1) is 9.45. The molecule has 2 N–H and O–H groups in total. The first-order valence-electron chi connectivity index (χ1n) is 5.16. The first-order chi connectivity index (χ1) is 6.81. The predicted octanol–water partition coefficient (Wildman–Crippen LogP) is -0.0835. The molecule has 2 rings (SSSR count). The van der Waals surface area contributed by atoms with Gasteiger partial charge in [-0.05, 0) is 19.4 Å². The van der Waals surface area contributed by atoms with Crippen LogP contribution in [0.25, 0.3) is 0 Å². The van der Waals surface area contributed by atoms with Gasteiger partial charge in [-0.25, -0.2) is 0 Å². The third-order valence-corrected chi connectivity index (χ3v) is 2.60. The SMILES string of the molecule is Cn1nc(N2CCCC2)nc1CCN. The molecule has 1 aromatic rings. The van der Waals surface area contributed by atoms with E-state index in [-0.39, 0.29) is 0 Å². The predicted molar refractivity (Wildman–Crippen MR) is 55.2 cm³/mol. The Morgan fingerprint density at radius 2 is 2.07 bits per heavy atom. The lowest BCUT2D eigenvalue weighted by Gasteiger charge is -2.10. The summed E-state index contributed by atoms with van der Waals surface area (Å²) in [6.45, 7) is 2.81. The number of hydrogen-bond acceptors (Lipinski definition) is 4. The van der Waals surface area contributed by atoms with Crippen LogP contribution in [0.15, 0.2) is 0 Å². The number of nitrogens with zero attached hydrogens (tertiary/aromatic N) is 4. The van der Waals surface area contributed by atoms with Crippen LogP contribution < -0.4 is 10.6 Å². The van der Waals surface area contributed by atoms with Crippen molar-refractivity contribution in [2.24, 2.45) is 12.8 Å². The highest BCUT2D eigenvalue weighted by atomic mass is 15.4. The van der Waals surface area contributed by atoms with Crippen molar-refractivity contribution in [1.82, 2.24) is 14.8 Å². The quantitative estimate of drug-likeness (QED) is 0.732. The molecule has 0 radical (unpaired) electrons. The molecule has 0 amide bonds. The summed E-state index contributed by atoms with van der Waals surface area (Å²) in [7, 11) is 1.93. The van der Waals surface area contributed by atoms with Gasteiger partial charge < -0.3 is 10.6 Å². The smallest absolute Gasteiger partial charge is 0.244 e. The van der Waals surface area contributed by atoms with Crippen LogP contribution in [0.4, 0.5) is 5.95 Å². The number of hydrogen-bond donors (Lipinski definition) is 1. The van der Waals surface area contributed by atoms with Crippen LogP contribution >= 0.6 is 0 Å². The Bertz CT molecular complexity index is 300. The van der Waals surface area contributed by atoms with Gasteiger partial charge in [0.15, 0.2) is 0 Å². The molecule has 0 bridgehead atoms. The number of aromatic nitrogens is 3. The van der Waals surface area contributed by atoms with E-state index in [0.717, 1.165) is 31.3 Å². The molecule has 0 spiro atoms. The largest absolute Gasteiger partial charge is 0.340 e. The van der Waals surface area contributed by atoms with E-state index in [0.29, 0.717) is 6.54 Å². The van der Waals surface area contributed by atoms with Crippen molar-refractivity contribution in [2.45, 2.75) is 19.3 Å². The summed E-state index contributed by atoms with van der Waals surface area (Å²) < 4.78 is 1.83. The fourth-order valence-corrected chi connectivity index (χ4v) is 1.80. The van der Waals surface area contributed by atoms with Crippen LogP contribution in [-0.2, 0) is 13.5 Å². The van der Waals surface area contributed by atoms with Gasteiger partial charge in [0.2, 0.25) is 5.95 Å². The topological polar surface area (TPSA) is 60.0 Å². The van der Waals surface area contributed by atoms with E-state index in [4.69, 9.17) is 5.73 Å². The molecule has 0 unspecified atom stereocenters. The Morgan fingerprint density at radius 1 is 1.36 bits per heavy atom. The molecule has 1 aliphatic rings. The molecule has 0 saturated carbocycles. The normalized spacial score (nSPS) is 16.6. The second-order valence-corrected chi connectivity index (χ2v) is 3.68. The molecule has 1 fully saturated rings. The first-order valence-corrected chi connectivity index (χ1v) is 5.16. The molecule has 0 atom stereocenters. The second-order valence-electron chi connectivity index (χ2n) is 3.68.